The van der Waals surface area contributed by atoms with Gasteiger partial charge in [-0.1, -0.05) is 30.3 Å². The number of anilines is 1. The maximum absolute atomic E-state index is 12.8. The Bertz CT molecular complexity index is 854. The van der Waals surface area contributed by atoms with Crippen molar-refractivity contribution in [3.05, 3.63) is 78.1 Å². The molecule has 0 spiro atoms. The molecule has 3 nitrogen and oxygen atoms in total. The van der Waals surface area contributed by atoms with Gasteiger partial charge in [0.05, 0.1) is 5.56 Å². The van der Waals surface area contributed by atoms with Crippen LogP contribution in [0.15, 0.2) is 71.1 Å². The summed E-state index contributed by atoms with van der Waals surface area (Å²) in [6.45, 7) is 0. The largest absolute Gasteiger partial charge is 0.451 e. The molecule has 2 aromatic carbocycles. The molecule has 0 aliphatic carbocycles. The quantitative estimate of drug-likeness (QED) is 0.715. The fraction of sp³-hybridized carbons (Fsp3) is 0.0556. The number of amides is 1. The van der Waals surface area contributed by atoms with Crippen LogP contribution in [0.25, 0.3) is 11.3 Å². The third-order valence-electron chi connectivity index (χ3n) is 3.34. The molecule has 3 aromatic rings. The highest BCUT2D eigenvalue weighted by Gasteiger charge is 2.30. The summed E-state index contributed by atoms with van der Waals surface area (Å²) in [6, 6.07) is 16.4. The second kappa shape index (κ2) is 6.23. The number of halogens is 3. The zero-order valence-electron chi connectivity index (χ0n) is 12.3. The highest BCUT2D eigenvalue weighted by atomic mass is 19.4. The van der Waals surface area contributed by atoms with E-state index in [1.807, 2.05) is 6.07 Å². The average molecular weight is 331 g/mol. The van der Waals surface area contributed by atoms with Crippen molar-refractivity contribution in [1.29, 1.82) is 0 Å². The lowest BCUT2D eigenvalue weighted by atomic mass is 10.1. The summed E-state index contributed by atoms with van der Waals surface area (Å²) in [5.41, 5.74) is 0.0785. The van der Waals surface area contributed by atoms with Crippen LogP contribution in [-0.2, 0) is 6.18 Å². The molecule has 0 aliphatic rings. The summed E-state index contributed by atoms with van der Waals surface area (Å²) < 4.78 is 43.7. The van der Waals surface area contributed by atoms with Crippen LogP contribution in [-0.4, -0.2) is 5.91 Å². The van der Waals surface area contributed by atoms with Gasteiger partial charge in [-0.2, -0.15) is 13.2 Å². The van der Waals surface area contributed by atoms with Gasteiger partial charge in [0, 0.05) is 11.3 Å². The first-order valence-corrected chi connectivity index (χ1v) is 7.07. The highest BCUT2D eigenvalue weighted by molar-refractivity contribution is 6.02. The van der Waals surface area contributed by atoms with Crippen molar-refractivity contribution in [2.24, 2.45) is 0 Å². The van der Waals surface area contributed by atoms with Gasteiger partial charge in [0.2, 0.25) is 0 Å². The minimum absolute atomic E-state index is 0.0197. The summed E-state index contributed by atoms with van der Waals surface area (Å²) in [7, 11) is 0. The maximum atomic E-state index is 12.8. The van der Waals surface area contributed by atoms with Crippen molar-refractivity contribution in [1.82, 2.24) is 0 Å². The third-order valence-corrected chi connectivity index (χ3v) is 3.34. The number of nitrogens with one attached hydrogen (secondary N) is 1. The SMILES string of the molecule is O=C(Nc1ccccc1)c1ccc(-c2cccc(C(F)(F)F)c2)o1. The zero-order valence-corrected chi connectivity index (χ0v) is 12.3. The number of hydrogen-bond donors (Lipinski definition) is 1. The van der Waals surface area contributed by atoms with Gasteiger partial charge in [0.25, 0.3) is 5.91 Å². The van der Waals surface area contributed by atoms with Gasteiger partial charge < -0.3 is 9.73 Å². The smallest absolute Gasteiger partial charge is 0.416 e. The van der Waals surface area contributed by atoms with E-state index in [1.165, 1.54) is 24.3 Å². The number of carbonyl (C=O) groups excluding carboxylic acids is 1. The first kappa shape index (κ1) is 15.9. The fourth-order valence-corrected chi connectivity index (χ4v) is 2.18. The lowest BCUT2D eigenvalue weighted by Gasteiger charge is -2.07. The highest BCUT2D eigenvalue weighted by Crippen LogP contribution is 2.32. The van der Waals surface area contributed by atoms with Crippen LogP contribution in [0, 0.1) is 0 Å². The average Bonchev–Trinajstić information content (AvgIpc) is 3.05. The van der Waals surface area contributed by atoms with Gasteiger partial charge in [-0.05, 0) is 36.4 Å². The molecule has 1 aromatic heterocycles. The molecule has 1 N–H and O–H groups in total. The third kappa shape index (κ3) is 3.48. The van der Waals surface area contributed by atoms with Crippen LogP contribution in [0.4, 0.5) is 18.9 Å². The molecule has 0 aliphatic heterocycles. The first-order chi connectivity index (χ1) is 11.4. The Morgan fingerprint density at radius 3 is 2.38 bits per heavy atom. The van der Waals surface area contributed by atoms with Gasteiger partial charge in [-0.3, -0.25) is 4.79 Å². The van der Waals surface area contributed by atoms with Gasteiger partial charge in [0.15, 0.2) is 5.76 Å². The first-order valence-electron chi connectivity index (χ1n) is 7.07. The van der Waals surface area contributed by atoms with Gasteiger partial charge in [-0.25, -0.2) is 0 Å². The Morgan fingerprint density at radius 1 is 0.917 bits per heavy atom. The van der Waals surface area contributed by atoms with Crippen molar-refractivity contribution in [2.75, 3.05) is 5.32 Å². The molecule has 0 saturated carbocycles. The van der Waals surface area contributed by atoms with Crippen molar-refractivity contribution < 1.29 is 22.4 Å². The number of benzene rings is 2. The molecule has 1 amide bonds. The van der Waals surface area contributed by atoms with Crippen LogP contribution >= 0.6 is 0 Å². The summed E-state index contributed by atoms with van der Waals surface area (Å²) in [5, 5.41) is 2.65. The molecular weight excluding hydrogens is 319 g/mol. The van der Waals surface area contributed by atoms with Crippen molar-refractivity contribution in [3.8, 4) is 11.3 Å². The second-order valence-corrected chi connectivity index (χ2v) is 5.06. The van der Waals surface area contributed by atoms with Gasteiger partial charge >= 0.3 is 6.18 Å². The van der Waals surface area contributed by atoms with E-state index in [2.05, 4.69) is 5.32 Å². The second-order valence-electron chi connectivity index (χ2n) is 5.06. The lowest BCUT2D eigenvalue weighted by molar-refractivity contribution is -0.137. The standard InChI is InChI=1S/C18H12F3NO2/c19-18(20,21)13-6-4-5-12(11-13)15-9-10-16(24-15)17(23)22-14-7-2-1-3-8-14/h1-11H,(H,22,23). The molecule has 0 bridgehead atoms. The number of alkyl halides is 3. The Labute approximate surface area is 135 Å². The molecule has 0 fully saturated rings. The van der Waals surface area contributed by atoms with E-state index in [4.69, 9.17) is 4.42 Å². The molecule has 0 saturated heterocycles. The van der Waals surface area contributed by atoms with E-state index >= 15 is 0 Å². The topological polar surface area (TPSA) is 42.2 Å². The van der Waals surface area contributed by atoms with Crippen molar-refractivity contribution in [3.63, 3.8) is 0 Å². The predicted octanol–water partition coefficient (Wildman–Crippen LogP) is 5.22. The van der Waals surface area contributed by atoms with E-state index in [0.29, 0.717) is 5.69 Å². The summed E-state index contributed by atoms with van der Waals surface area (Å²) in [6.07, 6.45) is -4.43. The van der Waals surface area contributed by atoms with Crippen LogP contribution in [0.5, 0.6) is 0 Å². The van der Waals surface area contributed by atoms with E-state index in [0.717, 1.165) is 12.1 Å². The van der Waals surface area contributed by atoms with Crippen LogP contribution in [0.1, 0.15) is 16.1 Å². The van der Waals surface area contributed by atoms with Crippen molar-refractivity contribution >= 4 is 11.6 Å². The van der Waals surface area contributed by atoms with E-state index in [-0.39, 0.29) is 17.1 Å². The molecule has 24 heavy (non-hydrogen) atoms. The van der Waals surface area contributed by atoms with E-state index in [9.17, 15) is 18.0 Å². The summed E-state index contributed by atoms with van der Waals surface area (Å²) in [4.78, 5) is 12.1. The fourth-order valence-electron chi connectivity index (χ4n) is 2.18. The van der Waals surface area contributed by atoms with Crippen LogP contribution in [0.2, 0.25) is 0 Å². The van der Waals surface area contributed by atoms with Crippen molar-refractivity contribution in [2.45, 2.75) is 6.18 Å². The van der Waals surface area contributed by atoms with Gasteiger partial charge in [-0.15, -0.1) is 0 Å². The van der Waals surface area contributed by atoms with Gasteiger partial charge in [0.1, 0.15) is 5.76 Å². The van der Waals surface area contributed by atoms with E-state index in [1.54, 1.807) is 24.3 Å². The zero-order chi connectivity index (χ0) is 17.2. The number of para-hydroxylation sites is 1. The van der Waals surface area contributed by atoms with Crippen LogP contribution in [0.3, 0.4) is 0 Å². The molecule has 3 rings (SSSR count). The summed E-state index contributed by atoms with van der Waals surface area (Å²) >= 11 is 0. The Hall–Kier alpha value is -3.02. The van der Waals surface area contributed by atoms with Crippen LogP contribution < -0.4 is 5.32 Å². The Kier molecular flexibility index (Phi) is 4.12. The molecule has 0 atom stereocenters. The number of hydrogen-bond acceptors (Lipinski definition) is 2. The normalized spacial score (nSPS) is 11.3. The number of furan rings is 1. The molecule has 0 unspecified atom stereocenters. The predicted molar refractivity (Wildman–Crippen MR) is 83.5 cm³/mol. The van der Waals surface area contributed by atoms with E-state index < -0.39 is 17.6 Å². The number of carbonyl (C=O) groups is 1. The minimum atomic E-state index is -4.43. The number of rotatable bonds is 3. The molecule has 0 radical (unpaired) electrons. The molecule has 6 heteroatoms. The molecular formula is C18H12F3NO2. The summed E-state index contributed by atoms with van der Waals surface area (Å²) in [5.74, 6) is -0.259. The Balaban J connectivity index is 1.82. The maximum Gasteiger partial charge on any atom is 0.416 e. The molecule has 122 valence electrons. The minimum Gasteiger partial charge on any atom is -0.451 e. The Morgan fingerprint density at radius 2 is 1.67 bits per heavy atom. The monoisotopic (exact) mass is 331 g/mol. The molecule has 1 heterocycles. The lowest BCUT2D eigenvalue weighted by Crippen LogP contribution is -2.10.